The molecule has 3 rings (SSSR count). The molecule has 140 valence electrons. The van der Waals surface area contributed by atoms with E-state index < -0.39 is 11.9 Å². The van der Waals surface area contributed by atoms with Gasteiger partial charge in [-0.3, -0.25) is 0 Å². The second-order valence-corrected chi connectivity index (χ2v) is 6.09. The summed E-state index contributed by atoms with van der Waals surface area (Å²) in [5, 5.41) is 20.0. The van der Waals surface area contributed by atoms with Crippen LogP contribution in [0.3, 0.4) is 0 Å². The van der Waals surface area contributed by atoms with Crippen molar-refractivity contribution in [3.63, 3.8) is 0 Å². The molecule has 0 saturated carbocycles. The van der Waals surface area contributed by atoms with Gasteiger partial charge in [0.05, 0.1) is 0 Å². The third kappa shape index (κ3) is 5.36. The van der Waals surface area contributed by atoms with Gasteiger partial charge in [-0.25, -0.2) is 9.59 Å². The summed E-state index contributed by atoms with van der Waals surface area (Å²) in [6, 6.07) is 9.89. The van der Waals surface area contributed by atoms with Crippen molar-refractivity contribution in [3.05, 3.63) is 40.6 Å². The minimum atomic E-state index is -1.82. The van der Waals surface area contributed by atoms with Crippen LogP contribution in [0.4, 0.5) is 0 Å². The first-order chi connectivity index (χ1) is 12.5. The molecule has 0 aliphatic carbocycles. The SMILES string of the molecule is CNCC[C@@H](Oc1cccc2c1OCO2)c1cccs1.O=C(O)C(=O)O. The molecule has 3 N–H and O–H groups in total. The number of carbonyl (C=O) groups is 2. The molecule has 2 heterocycles. The highest BCUT2D eigenvalue weighted by Gasteiger charge is 2.22. The molecule has 1 aliphatic rings. The number of hydrogen-bond donors (Lipinski definition) is 3. The Balaban J connectivity index is 0.000000352. The van der Waals surface area contributed by atoms with Crippen molar-refractivity contribution in [1.82, 2.24) is 5.32 Å². The standard InChI is InChI=1S/C15H17NO3S.C2H2O4/c1-16-8-7-11(14-6-3-9-20-14)19-13-5-2-4-12-15(13)18-10-17-12;3-1(4)2(5)6/h2-6,9,11,16H,7-8,10H2,1H3;(H,3,4)(H,5,6)/t11-;/m1./s1. The minimum absolute atomic E-state index is 0.0261. The average molecular weight is 381 g/mol. The van der Waals surface area contributed by atoms with E-state index in [4.69, 9.17) is 34.0 Å². The van der Waals surface area contributed by atoms with E-state index >= 15 is 0 Å². The van der Waals surface area contributed by atoms with E-state index in [1.54, 1.807) is 11.3 Å². The lowest BCUT2D eigenvalue weighted by Crippen LogP contribution is -2.15. The Bertz CT molecular complexity index is 721. The van der Waals surface area contributed by atoms with Gasteiger partial charge in [0.2, 0.25) is 12.5 Å². The van der Waals surface area contributed by atoms with Crippen LogP contribution in [0.15, 0.2) is 35.7 Å². The van der Waals surface area contributed by atoms with E-state index in [1.807, 2.05) is 31.3 Å². The van der Waals surface area contributed by atoms with Crippen LogP contribution >= 0.6 is 11.3 Å². The molecule has 0 radical (unpaired) electrons. The van der Waals surface area contributed by atoms with Gasteiger partial charge in [0.15, 0.2) is 11.5 Å². The van der Waals surface area contributed by atoms with Crippen molar-refractivity contribution in [2.45, 2.75) is 12.5 Å². The summed E-state index contributed by atoms with van der Waals surface area (Å²) in [7, 11) is 1.95. The molecule has 1 aliphatic heterocycles. The number of carboxylic acid groups (broad SMARTS) is 2. The van der Waals surface area contributed by atoms with Gasteiger partial charge in [0.25, 0.3) is 0 Å². The lowest BCUT2D eigenvalue weighted by molar-refractivity contribution is -0.159. The van der Waals surface area contributed by atoms with E-state index in [9.17, 15) is 0 Å². The first kappa shape index (κ1) is 19.5. The number of hydrogen-bond acceptors (Lipinski definition) is 7. The predicted molar refractivity (Wildman–Crippen MR) is 94.1 cm³/mol. The van der Waals surface area contributed by atoms with Crippen molar-refractivity contribution in [1.29, 1.82) is 0 Å². The number of aliphatic carboxylic acids is 2. The molecule has 26 heavy (non-hydrogen) atoms. The number of fused-ring (bicyclic) bond motifs is 1. The zero-order chi connectivity index (χ0) is 18.9. The van der Waals surface area contributed by atoms with Crippen LogP contribution in [-0.2, 0) is 9.59 Å². The maximum atomic E-state index is 9.10. The largest absolute Gasteiger partial charge is 0.481 e. The number of carboxylic acids is 2. The Morgan fingerprint density at radius 2 is 2.00 bits per heavy atom. The average Bonchev–Trinajstić information content (AvgIpc) is 3.30. The molecule has 2 aromatic rings. The van der Waals surface area contributed by atoms with Crippen LogP contribution in [0.5, 0.6) is 17.2 Å². The van der Waals surface area contributed by atoms with Gasteiger partial charge in [-0.2, -0.15) is 0 Å². The molecule has 0 unspecified atom stereocenters. The first-order valence-electron chi connectivity index (χ1n) is 7.72. The molecular weight excluding hydrogens is 362 g/mol. The van der Waals surface area contributed by atoms with Crippen LogP contribution in [0, 0.1) is 0 Å². The molecule has 0 bridgehead atoms. The highest BCUT2D eigenvalue weighted by Crippen LogP contribution is 2.42. The topological polar surface area (TPSA) is 114 Å². The van der Waals surface area contributed by atoms with Crippen LogP contribution < -0.4 is 19.5 Å². The van der Waals surface area contributed by atoms with E-state index in [-0.39, 0.29) is 12.9 Å². The summed E-state index contributed by atoms with van der Waals surface area (Å²) in [5.41, 5.74) is 0. The summed E-state index contributed by atoms with van der Waals surface area (Å²) in [5.74, 6) is -1.45. The summed E-state index contributed by atoms with van der Waals surface area (Å²) in [6.07, 6.45) is 0.930. The molecular formula is C17H19NO7S. The third-order valence-corrected chi connectivity index (χ3v) is 4.29. The summed E-state index contributed by atoms with van der Waals surface area (Å²) >= 11 is 1.71. The lowest BCUT2D eigenvalue weighted by Gasteiger charge is -2.18. The van der Waals surface area contributed by atoms with Crippen LogP contribution in [0.1, 0.15) is 17.4 Å². The number of benzene rings is 1. The van der Waals surface area contributed by atoms with E-state index in [1.165, 1.54) is 4.88 Å². The summed E-state index contributed by atoms with van der Waals surface area (Å²) in [4.78, 5) is 19.4. The Hall–Kier alpha value is -2.78. The fourth-order valence-electron chi connectivity index (χ4n) is 2.16. The first-order valence-corrected chi connectivity index (χ1v) is 8.60. The number of thiophene rings is 1. The number of ether oxygens (including phenoxy) is 3. The monoisotopic (exact) mass is 381 g/mol. The molecule has 0 fully saturated rings. The van der Waals surface area contributed by atoms with Crippen molar-refractivity contribution in [3.8, 4) is 17.2 Å². The fraction of sp³-hybridized carbons (Fsp3) is 0.294. The number of para-hydroxylation sites is 1. The van der Waals surface area contributed by atoms with Crippen molar-refractivity contribution < 1.29 is 34.0 Å². The Morgan fingerprint density at radius 3 is 2.62 bits per heavy atom. The quantitative estimate of drug-likeness (QED) is 0.654. The van der Waals surface area contributed by atoms with Crippen molar-refractivity contribution >= 4 is 23.3 Å². The summed E-state index contributed by atoms with van der Waals surface area (Å²) < 4.78 is 17.0. The number of nitrogens with one attached hydrogen (secondary N) is 1. The zero-order valence-corrected chi connectivity index (χ0v) is 14.8. The van der Waals surface area contributed by atoms with Crippen LogP contribution in [0.25, 0.3) is 0 Å². The molecule has 8 nitrogen and oxygen atoms in total. The maximum absolute atomic E-state index is 9.10. The molecule has 9 heteroatoms. The summed E-state index contributed by atoms with van der Waals surface area (Å²) in [6.45, 7) is 1.16. The van der Waals surface area contributed by atoms with E-state index in [0.717, 1.165) is 24.5 Å². The molecule has 0 amide bonds. The van der Waals surface area contributed by atoms with Crippen molar-refractivity contribution in [2.24, 2.45) is 0 Å². The van der Waals surface area contributed by atoms with Gasteiger partial charge in [0.1, 0.15) is 6.10 Å². The van der Waals surface area contributed by atoms with Gasteiger partial charge < -0.3 is 29.7 Å². The number of rotatable bonds is 6. The van der Waals surface area contributed by atoms with Gasteiger partial charge in [-0.05, 0) is 37.2 Å². The predicted octanol–water partition coefficient (Wildman–Crippen LogP) is 2.36. The van der Waals surface area contributed by atoms with Crippen molar-refractivity contribution in [2.75, 3.05) is 20.4 Å². The van der Waals surface area contributed by atoms with E-state index in [2.05, 4.69) is 16.8 Å². The second kappa shape index (κ2) is 9.64. The Labute approximate surface area is 153 Å². The van der Waals surface area contributed by atoms with Crippen LogP contribution in [0.2, 0.25) is 0 Å². The van der Waals surface area contributed by atoms with Gasteiger partial charge >= 0.3 is 11.9 Å². The molecule has 0 saturated heterocycles. The third-order valence-electron chi connectivity index (χ3n) is 3.33. The maximum Gasteiger partial charge on any atom is 0.414 e. The highest BCUT2D eigenvalue weighted by atomic mass is 32.1. The van der Waals surface area contributed by atoms with Gasteiger partial charge in [-0.1, -0.05) is 12.1 Å². The van der Waals surface area contributed by atoms with Gasteiger partial charge in [-0.15, -0.1) is 11.3 Å². The minimum Gasteiger partial charge on any atom is -0.481 e. The lowest BCUT2D eigenvalue weighted by atomic mass is 10.2. The molecule has 1 aromatic carbocycles. The van der Waals surface area contributed by atoms with Crippen LogP contribution in [-0.4, -0.2) is 42.5 Å². The normalized spacial score (nSPS) is 12.7. The highest BCUT2D eigenvalue weighted by molar-refractivity contribution is 7.10. The van der Waals surface area contributed by atoms with E-state index in [0.29, 0.717) is 5.75 Å². The second-order valence-electron chi connectivity index (χ2n) is 5.11. The molecule has 1 aromatic heterocycles. The smallest absolute Gasteiger partial charge is 0.414 e. The Morgan fingerprint density at radius 1 is 1.23 bits per heavy atom. The Kier molecular flexibility index (Phi) is 7.24. The molecule has 1 atom stereocenters. The zero-order valence-electron chi connectivity index (χ0n) is 14.0. The van der Waals surface area contributed by atoms with Gasteiger partial charge in [0, 0.05) is 11.3 Å². The molecule has 0 spiro atoms. The fourth-order valence-corrected chi connectivity index (χ4v) is 2.95.